The first kappa shape index (κ1) is 10.6. The molecule has 2 N–H and O–H groups in total. The second-order valence-electron chi connectivity index (χ2n) is 4.07. The Morgan fingerprint density at radius 1 is 1.47 bits per heavy atom. The van der Waals surface area contributed by atoms with Gasteiger partial charge in [0, 0.05) is 36.0 Å². The quantitative estimate of drug-likeness (QED) is 0.846. The largest absolute Gasteiger partial charge is 0.380 e. The van der Waals surface area contributed by atoms with Crippen molar-refractivity contribution < 1.29 is 0 Å². The highest BCUT2D eigenvalue weighted by molar-refractivity contribution is 9.10. The lowest BCUT2D eigenvalue weighted by Gasteiger charge is -2.26. The van der Waals surface area contributed by atoms with E-state index in [0.717, 1.165) is 28.1 Å². The van der Waals surface area contributed by atoms with Gasteiger partial charge in [-0.25, -0.2) is 4.98 Å². The molecule has 17 heavy (non-hydrogen) atoms. The molecule has 1 unspecified atom stereocenters. The maximum atomic E-state index is 4.35. The molecule has 6 heteroatoms. The molecule has 1 aliphatic rings. The predicted molar refractivity (Wildman–Crippen MR) is 70.0 cm³/mol. The number of hydrogen-bond acceptors (Lipinski definition) is 4. The molecule has 88 valence electrons. The minimum Gasteiger partial charge on any atom is -0.380 e. The monoisotopic (exact) mass is 293 g/mol. The SMILES string of the molecule is Cn1cc(C2CNc3cc(Br)cnc3N2)cn1. The van der Waals surface area contributed by atoms with Gasteiger partial charge in [-0.2, -0.15) is 5.10 Å². The van der Waals surface area contributed by atoms with Gasteiger partial charge in [0.25, 0.3) is 0 Å². The average Bonchev–Trinajstić information content (AvgIpc) is 2.75. The van der Waals surface area contributed by atoms with Crippen molar-refractivity contribution in [2.75, 3.05) is 17.2 Å². The first-order chi connectivity index (χ1) is 8.22. The molecule has 0 radical (unpaired) electrons. The molecule has 0 bridgehead atoms. The number of nitrogens with one attached hydrogen (secondary N) is 2. The summed E-state index contributed by atoms with van der Waals surface area (Å²) in [7, 11) is 1.92. The molecule has 0 amide bonds. The number of hydrogen-bond donors (Lipinski definition) is 2. The molecule has 2 aromatic rings. The molecule has 2 aromatic heterocycles. The minimum absolute atomic E-state index is 0.213. The highest BCUT2D eigenvalue weighted by Gasteiger charge is 2.20. The normalized spacial score (nSPS) is 18.1. The van der Waals surface area contributed by atoms with Crippen LogP contribution in [0.2, 0.25) is 0 Å². The zero-order valence-corrected chi connectivity index (χ0v) is 10.9. The van der Waals surface area contributed by atoms with Crippen molar-refractivity contribution in [1.29, 1.82) is 0 Å². The van der Waals surface area contributed by atoms with Crippen LogP contribution in [0.15, 0.2) is 29.1 Å². The lowest BCUT2D eigenvalue weighted by atomic mass is 10.1. The predicted octanol–water partition coefficient (Wildman–Crippen LogP) is 2.16. The molecule has 0 aliphatic carbocycles. The topological polar surface area (TPSA) is 54.8 Å². The Morgan fingerprint density at radius 2 is 2.35 bits per heavy atom. The van der Waals surface area contributed by atoms with Crippen LogP contribution in [0.4, 0.5) is 11.5 Å². The van der Waals surface area contributed by atoms with Crippen molar-refractivity contribution >= 4 is 27.4 Å². The molecule has 1 aliphatic heterocycles. The smallest absolute Gasteiger partial charge is 0.149 e. The second-order valence-corrected chi connectivity index (χ2v) is 4.99. The van der Waals surface area contributed by atoms with Crippen LogP contribution in [0.25, 0.3) is 0 Å². The fraction of sp³-hybridized carbons (Fsp3) is 0.273. The summed E-state index contributed by atoms with van der Waals surface area (Å²) in [5.74, 6) is 0.883. The number of aryl methyl sites for hydroxylation is 1. The van der Waals surface area contributed by atoms with E-state index >= 15 is 0 Å². The molecule has 0 fully saturated rings. The zero-order chi connectivity index (χ0) is 11.8. The second kappa shape index (κ2) is 4.03. The van der Waals surface area contributed by atoms with Gasteiger partial charge in [-0.3, -0.25) is 4.68 Å². The Hall–Kier alpha value is -1.56. The standard InChI is InChI=1S/C11H12BrN5/c1-17-6-7(3-15-17)10-5-13-9-2-8(12)4-14-11(9)16-10/h2-4,6,10,13H,5H2,1H3,(H,14,16). The van der Waals surface area contributed by atoms with E-state index in [1.807, 2.05) is 30.2 Å². The van der Waals surface area contributed by atoms with Gasteiger partial charge in [-0.15, -0.1) is 0 Å². The third-order valence-electron chi connectivity index (χ3n) is 2.79. The Bertz CT molecular complexity index is 551. The molecule has 3 heterocycles. The van der Waals surface area contributed by atoms with Crippen LogP contribution < -0.4 is 10.6 Å². The Labute approximate surface area is 107 Å². The molecule has 0 spiro atoms. The molecule has 0 saturated carbocycles. The Balaban J connectivity index is 1.88. The number of halogens is 1. The number of fused-ring (bicyclic) bond motifs is 1. The minimum atomic E-state index is 0.213. The van der Waals surface area contributed by atoms with E-state index in [0.29, 0.717) is 0 Å². The summed E-state index contributed by atoms with van der Waals surface area (Å²) < 4.78 is 2.78. The van der Waals surface area contributed by atoms with Gasteiger partial charge in [0.15, 0.2) is 0 Å². The van der Waals surface area contributed by atoms with Crippen molar-refractivity contribution in [1.82, 2.24) is 14.8 Å². The molecule has 3 rings (SSSR count). The highest BCUT2D eigenvalue weighted by Crippen LogP contribution is 2.31. The maximum absolute atomic E-state index is 4.35. The van der Waals surface area contributed by atoms with Gasteiger partial charge in [0.05, 0.1) is 17.9 Å². The van der Waals surface area contributed by atoms with Crippen LogP contribution in [0.1, 0.15) is 11.6 Å². The molecule has 0 aromatic carbocycles. The van der Waals surface area contributed by atoms with Gasteiger partial charge in [0.2, 0.25) is 0 Å². The average molecular weight is 294 g/mol. The van der Waals surface area contributed by atoms with E-state index in [2.05, 4.69) is 36.6 Å². The van der Waals surface area contributed by atoms with Crippen LogP contribution in [-0.4, -0.2) is 21.3 Å². The van der Waals surface area contributed by atoms with Crippen molar-refractivity contribution in [3.05, 3.63) is 34.7 Å². The van der Waals surface area contributed by atoms with Crippen molar-refractivity contribution in [3.63, 3.8) is 0 Å². The van der Waals surface area contributed by atoms with Crippen molar-refractivity contribution in [3.8, 4) is 0 Å². The number of pyridine rings is 1. The van der Waals surface area contributed by atoms with E-state index in [1.165, 1.54) is 0 Å². The van der Waals surface area contributed by atoms with E-state index in [4.69, 9.17) is 0 Å². The number of rotatable bonds is 1. The summed E-state index contributed by atoms with van der Waals surface area (Å²) in [6, 6.07) is 2.24. The van der Waals surface area contributed by atoms with E-state index in [1.54, 1.807) is 6.20 Å². The highest BCUT2D eigenvalue weighted by atomic mass is 79.9. The third kappa shape index (κ3) is 2.00. The number of aromatic nitrogens is 3. The lowest BCUT2D eigenvalue weighted by molar-refractivity contribution is 0.760. The van der Waals surface area contributed by atoms with Gasteiger partial charge in [0.1, 0.15) is 5.82 Å². The van der Waals surface area contributed by atoms with Crippen molar-refractivity contribution in [2.24, 2.45) is 7.05 Å². The van der Waals surface area contributed by atoms with Crippen LogP contribution in [-0.2, 0) is 7.05 Å². The summed E-state index contributed by atoms with van der Waals surface area (Å²) in [6.07, 6.45) is 5.69. The number of anilines is 2. The zero-order valence-electron chi connectivity index (χ0n) is 9.31. The van der Waals surface area contributed by atoms with Crippen LogP contribution in [0.5, 0.6) is 0 Å². The maximum Gasteiger partial charge on any atom is 0.149 e. The Kier molecular flexibility index (Phi) is 2.51. The third-order valence-corrected chi connectivity index (χ3v) is 3.22. The van der Waals surface area contributed by atoms with E-state index < -0.39 is 0 Å². The summed E-state index contributed by atoms with van der Waals surface area (Å²) >= 11 is 3.41. The van der Waals surface area contributed by atoms with Gasteiger partial charge in [-0.1, -0.05) is 0 Å². The summed E-state index contributed by atoms with van der Waals surface area (Å²) in [6.45, 7) is 0.830. The van der Waals surface area contributed by atoms with Gasteiger partial charge >= 0.3 is 0 Å². The van der Waals surface area contributed by atoms with E-state index in [-0.39, 0.29) is 6.04 Å². The molecular formula is C11H12BrN5. The summed E-state index contributed by atoms with van der Waals surface area (Å²) in [4.78, 5) is 4.35. The van der Waals surface area contributed by atoms with Gasteiger partial charge < -0.3 is 10.6 Å². The van der Waals surface area contributed by atoms with Crippen LogP contribution in [0.3, 0.4) is 0 Å². The van der Waals surface area contributed by atoms with Gasteiger partial charge in [-0.05, 0) is 22.0 Å². The summed E-state index contributed by atoms with van der Waals surface area (Å²) in [5.41, 5.74) is 2.19. The Morgan fingerprint density at radius 3 is 3.12 bits per heavy atom. The van der Waals surface area contributed by atoms with Crippen LogP contribution >= 0.6 is 15.9 Å². The van der Waals surface area contributed by atoms with Crippen LogP contribution in [0, 0.1) is 0 Å². The molecule has 0 saturated heterocycles. The number of nitrogens with zero attached hydrogens (tertiary/aromatic N) is 3. The van der Waals surface area contributed by atoms with E-state index in [9.17, 15) is 0 Å². The summed E-state index contributed by atoms with van der Waals surface area (Å²) in [5, 5.41) is 11.0. The molecular weight excluding hydrogens is 282 g/mol. The molecule has 1 atom stereocenters. The lowest BCUT2D eigenvalue weighted by Crippen LogP contribution is -2.26. The first-order valence-electron chi connectivity index (χ1n) is 5.37. The fourth-order valence-electron chi connectivity index (χ4n) is 1.94. The molecule has 5 nitrogen and oxygen atoms in total. The fourth-order valence-corrected chi connectivity index (χ4v) is 2.27. The van der Waals surface area contributed by atoms with Crippen molar-refractivity contribution in [2.45, 2.75) is 6.04 Å². The first-order valence-corrected chi connectivity index (χ1v) is 6.16.